The zero-order valence-electron chi connectivity index (χ0n) is 8.15. The van der Waals surface area contributed by atoms with Crippen molar-refractivity contribution in [2.45, 2.75) is 11.8 Å². The molecule has 14 heavy (non-hydrogen) atoms. The third-order valence-corrected chi connectivity index (χ3v) is 3.20. The van der Waals surface area contributed by atoms with Crippen molar-refractivity contribution in [1.29, 1.82) is 0 Å². The Morgan fingerprint density at radius 1 is 1.29 bits per heavy atom. The summed E-state index contributed by atoms with van der Waals surface area (Å²) in [6.07, 6.45) is 5.31. The molecule has 3 heteroatoms. The monoisotopic (exact) mass is 205 g/mol. The van der Waals surface area contributed by atoms with Crippen molar-refractivity contribution in [2.75, 3.05) is 6.26 Å². The third-order valence-electron chi connectivity index (χ3n) is 2.24. The van der Waals surface area contributed by atoms with Gasteiger partial charge in [0, 0.05) is 34.3 Å². The highest BCUT2D eigenvalue weighted by atomic mass is 32.2. The van der Waals surface area contributed by atoms with Crippen molar-refractivity contribution in [3.63, 3.8) is 0 Å². The lowest BCUT2D eigenvalue weighted by Crippen LogP contribution is -1.91. The van der Waals surface area contributed by atoms with Crippen LogP contribution in [0.5, 0.6) is 0 Å². The number of rotatable bonds is 1. The van der Waals surface area contributed by atoms with Crippen LogP contribution in [0.2, 0.25) is 0 Å². The average Bonchev–Trinajstić information content (AvgIpc) is 2.17. The van der Waals surface area contributed by atoms with E-state index < -0.39 is 10.8 Å². The summed E-state index contributed by atoms with van der Waals surface area (Å²) in [7, 11) is -0.942. The topological polar surface area (TPSA) is 30.0 Å². The molecule has 1 aromatic heterocycles. The normalized spacial score (nSPS) is 13.0. The van der Waals surface area contributed by atoms with Crippen molar-refractivity contribution < 1.29 is 4.21 Å². The smallest absolute Gasteiger partial charge is 0.0504 e. The number of aryl methyl sites for hydroxylation is 1. The van der Waals surface area contributed by atoms with Gasteiger partial charge in [-0.1, -0.05) is 12.1 Å². The van der Waals surface area contributed by atoms with Crippen molar-refractivity contribution in [3.8, 4) is 0 Å². The van der Waals surface area contributed by atoms with Gasteiger partial charge in [0.15, 0.2) is 0 Å². The first-order valence-electron chi connectivity index (χ1n) is 4.37. The quantitative estimate of drug-likeness (QED) is 0.715. The molecule has 0 saturated heterocycles. The molecule has 0 aliphatic heterocycles. The Balaban J connectivity index is 2.91. The molecule has 0 amide bonds. The van der Waals surface area contributed by atoms with E-state index in [1.807, 2.05) is 25.1 Å². The third kappa shape index (κ3) is 1.44. The fourth-order valence-corrected chi connectivity index (χ4v) is 2.45. The maximum Gasteiger partial charge on any atom is 0.0504 e. The second-order valence-electron chi connectivity index (χ2n) is 3.26. The minimum absolute atomic E-state index is 0.891. The van der Waals surface area contributed by atoms with Crippen molar-refractivity contribution in [1.82, 2.24) is 4.98 Å². The lowest BCUT2D eigenvalue weighted by molar-refractivity contribution is 0.687. The highest BCUT2D eigenvalue weighted by Gasteiger charge is 2.06. The minimum atomic E-state index is -0.942. The molecule has 1 aromatic carbocycles. The van der Waals surface area contributed by atoms with E-state index in [1.165, 1.54) is 0 Å². The Morgan fingerprint density at radius 3 is 2.79 bits per heavy atom. The summed E-state index contributed by atoms with van der Waals surface area (Å²) in [6, 6.07) is 5.82. The highest BCUT2D eigenvalue weighted by Crippen LogP contribution is 2.23. The fourth-order valence-electron chi connectivity index (χ4n) is 1.61. The van der Waals surface area contributed by atoms with Crippen LogP contribution in [0.1, 0.15) is 5.56 Å². The molecule has 0 radical (unpaired) electrons. The zero-order valence-corrected chi connectivity index (χ0v) is 8.97. The molecule has 2 rings (SSSR count). The van der Waals surface area contributed by atoms with Crippen molar-refractivity contribution in [2.24, 2.45) is 0 Å². The van der Waals surface area contributed by atoms with E-state index in [2.05, 4.69) is 4.98 Å². The summed E-state index contributed by atoms with van der Waals surface area (Å²) in [4.78, 5) is 5.01. The summed E-state index contributed by atoms with van der Waals surface area (Å²) < 4.78 is 11.5. The van der Waals surface area contributed by atoms with Crippen LogP contribution in [0.15, 0.2) is 35.5 Å². The Hall–Kier alpha value is -1.22. The summed E-state index contributed by atoms with van der Waals surface area (Å²) in [6.45, 7) is 1.99. The SMILES string of the molecule is Cc1cncc2cccc(S(C)=O)c12. The molecule has 0 fully saturated rings. The standard InChI is InChI=1S/C11H11NOS/c1-8-6-12-7-9-4-3-5-10(11(8)9)14(2)13/h3-7H,1-2H3. The van der Waals surface area contributed by atoms with Crippen LogP contribution in [-0.2, 0) is 10.8 Å². The van der Waals surface area contributed by atoms with Gasteiger partial charge >= 0.3 is 0 Å². The van der Waals surface area contributed by atoms with Gasteiger partial charge in [-0.05, 0) is 18.6 Å². The Kier molecular flexibility index (Phi) is 2.33. The second-order valence-corrected chi connectivity index (χ2v) is 4.61. The summed E-state index contributed by atoms with van der Waals surface area (Å²) in [5.74, 6) is 0. The van der Waals surface area contributed by atoms with E-state index >= 15 is 0 Å². The predicted molar refractivity (Wildman–Crippen MR) is 58.8 cm³/mol. The minimum Gasteiger partial charge on any atom is -0.264 e. The van der Waals surface area contributed by atoms with E-state index in [9.17, 15) is 4.21 Å². The Bertz CT molecular complexity index is 502. The van der Waals surface area contributed by atoms with Crippen LogP contribution in [0.3, 0.4) is 0 Å². The first-order chi connectivity index (χ1) is 6.70. The predicted octanol–water partition coefficient (Wildman–Crippen LogP) is 2.28. The highest BCUT2D eigenvalue weighted by molar-refractivity contribution is 7.84. The number of aromatic nitrogens is 1. The molecule has 0 aliphatic carbocycles. The molecular formula is C11H11NOS. The summed E-state index contributed by atoms with van der Waals surface area (Å²) >= 11 is 0. The molecule has 1 heterocycles. The van der Waals surface area contributed by atoms with E-state index in [0.29, 0.717) is 0 Å². The summed E-state index contributed by atoms with van der Waals surface area (Å²) in [5.41, 5.74) is 1.08. The molecular weight excluding hydrogens is 194 g/mol. The van der Waals surface area contributed by atoms with Gasteiger partial charge in [-0.15, -0.1) is 0 Å². The van der Waals surface area contributed by atoms with E-state index in [1.54, 1.807) is 18.6 Å². The maximum absolute atomic E-state index is 11.5. The van der Waals surface area contributed by atoms with Crippen LogP contribution < -0.4 is 0 Å². The van der Waals surface area contributed by atoms with Gasteiger partial charge in [-0.3, -0.25) is 9.19 Å². The Labute approximate surface area is 85.4 Å². The first kappa shape index (κ1) is 9.34. The van der Waals surface area contributed by atoms with Gasteiger partial charge in [-0.25, -0.2) is 0 Å². The van der Waals surface area contributed by atoms with Gasteiger partial charge in [-0.2, -0.15) is 0 Å². The van der Waals surface area contributed by atoms with Gasteiger partial charge in [0.2, 0.25) is 0 Å². The molecule has 0 saturated carbocycles. The second kappa shape index (κ2) is 3.50. The number of fused-ring (bicyclic) bond motifs is 1. The first-order valence-corrected chi connectivity index (χ1v) is 5.92. The van der Waals surface area contributed by atoms with Gasteiger partial charge < -0.3 is 0 Å². The molecule has 0 bridgehead atoms. The molecule has 72 valence electrons. The van der Waals surface area contributed by atoms with Crippen LogP contribution in [-0.4, -0.2) is 15.4 Å². The van der Waals surface area contributed by atoms with E-state index in [4.69, 9.17) is 0 Å². The van der Waals surface area contributed by atoms with Crippen LogP contribution in [0.4, 0.5) is 0 Å². The number of hydrogen-bond donors (Lipinski definition) is 0. The molecule has 1 unspecified atom stereocenters. The zero-order chi connectivity index (χ0) is 10.1. The number of nitrogens with zero attached hydrogens (tertiary/aromatic N) is 1. The molecule has 0 aliphatic rings. The largest absolute Gasteiger partial charge is 0.264 e. The molecule has 2 aromatic rings. The van der Waals surface area contributed by atoms with Crippen molar-refractivity contribution >= 4 is 21.6 Å². The lowest BCUT2D eigenvalue weighted by Gasteiger charge is -2.05. The number of benzene rings is 1. The summed E-state index contributed by atoms with van der Waals surface area (Å²) in [5, 5.41) is 2.13. The fraction of sp³-hybridized carbons (Fsp3) is 0.182. The number of hydrogen-bond acceptors (Lipinski definition) is 2. The van der Waals surface area contributed by atoms with Crippen LogP contribution in [0.25, 0.3) is 10.8 Å². The molecule has 2 nitrogen and oxygen atoms in total. The number of pyridine rings is 1. The van der Waals surface area contributed by atoms with Gasteiger partial charge in [0.25, 0.3) is 0 Å². The van der Waals surface area contributed by atoms with Gasteiger partial charge in [0.05, 0.1) is 10.8 Å². The van der Waals surface area contributed by atoms with Gasteiger partial charge in [0.1, 0.15) is 0 Å². The molecule has 1 atom stereocenters. The average molecular weight is 205 g/mol. The van der Waals surface area contributed by atoms with E-state index in [0.717, 1.165) is 21.2 Å². The molecule has 0 N–H and O–H groups in total. The van der Waals surface area contributed by atoms with E-state index in [-0.39, 0.29) is 0 Å². The van der Waals surface area contributed by atoms with Crippen LogP contribution >= 0.6 is 0 Å². The van der Waals surface area contributed by atoms with Crippen LogP contribution in [0, 0.1) is 6.92 Å². The molecule has 0 spiro atoms. The van der Waals surface area contributed by atoms with Crippen molar-refractivity contribution in [3.05, 3.63) is 36.2 Å². The Morgan fingerprint density at radius 2 is 2.07 bits per heavy atom. The maximum atomic E-state index is 11.5. The lowest BCUT2D eigenvalue weighted by atomic mass is 10.1.